The molecule has 6 amide bonds. The Bertz CT molecular complexity index is 3070. The lowest BCUT2D eigenvalue weighted by Crippen LogP contribution is -2.68. The molecule has 0 saturated carbocycles. The molecule has 520 valence electrons. The number of hydrogen-bond donors (Lipinski definition) is 22. The molecule has 7 heterocycles. The van der Waals surface area contributed by atoms with Gasteiger partial charge in [0.1, 0.15) is 128 Å². The van der Waals surface area contributed by atoms with Crippen LogP contribution in [0, 0.1) is 0 Å². The zero-order chi connectivity index (χ0) is 68.2. The lowest BCUT2D eigenvalue weighted by Gasteiger charge is -2.45. The van der Waals surface area contributed by atoms with E-state index < -0.39 is 240 Å². The molecule has 5 saturated heterocycles. The van der Waals surface area contributed by atoms with Gasteiger partial charge >= 0.3 is 5.96 Å². The van der Waals surface area contributed by atoms with Crippen molar-refractivity contribution >= 4 is 47.4 Å². The number of rotatable bonds is 17. The van der Waals surface area contributed by atoms with E-state index in [4.69, 9.17) is 44.6 Å². The first-order valence-corrected chi connectivity index (χ1v) is 30.3. The first kappa shape index (κ1) is 71.2. The first-order chi connectivity index (χ1) is 44.7. The highest BCUT2D eigenvalue weighted by molar-refractivity contribution is 5.98. The molecule has 5 fully saturated rings. The highest BCUT2D eigenvalue weighted by Crippen LogP contribution is 2.41. The fourth-order valence-corrected chi connectivity index (χ4v) is 12.2. The van der Waals surface area contributed by atoms with Crippen LogP contribution in [0.2, 0.25) is 0 Å². The van der Waals surface area contributed by atoms with Crippen molar-refractivity contribution in [1.82, 2.24) is 42.5 Å². The van der Waals surface area contributed by atoms with Crippen molar-refractivity contribution in [1.29, 1.82) is 0 Å². The Hall–Kier alpha value is -7.12. The van der Waals surface area contributed by atoms with Gasteiger partial charge in [-0.25, -0.2) is 9.57 Å². The van der Waals surface area contributed by atoms with E-state index in [-0.39, 0.29) is 29.8 Å². The predicted octanol–water partition coefficient (Wildman–Crippen LogP) is -12.5. The van der Waals surface area contributed by atoms with E-state index in [1.807, 2.05) is 0 Å². The van der Waals surface area contributed by atoms with E-state index in [1.54, 1.807) is 51.1 Å². The zero-order valence-electron chi connectivity index (χ0n) is 51.0. The second kappa shape index (κ2) is 30.3. The molecule has 7 aliphatic heterocycles. The number of nitrogens with zero attached hydrogens (tertiary/aromatic N) is 2. The van der Waals surface area contributed by atoms with Crippen LogP contribution in [0.5, 0.6) is 5.75 Å². The molecule has 1 unspecified atom stereocenters. The molecule has 0 aromatic heterocycles. The molecular formula is C57H83N12O25+. The van der Waals surface area contributed by atoms with Gasteiger partial charge in [-0.05, 0) is 37.1 Å². The SMILES string of the molecule is C[C@H](c1ccccc1)[C@H]1NC(=O)CNC(=O)C(CO)NC(=O)[C@@H]([C@H](O)[C@@H]2CNC(N)=[N+]2[C@@H]2O[C@@H](CO)[C@H](O)[C@H](O)[C@@H]2O)NC(=O)[C@H]([C@H](O)[C@@H]2CNC(N)=N2)NC(=O)[C@@H](Cc2ccc(O[C@@H]3O[C@H](CO)[C@@H](O[C@@H]4O[C@@H](CO)[C@H](O)[C@H](O)[C@@H]4O)[C@@H]4OC(C)(C)O[C@@H]34)cc2)NC1=O. The van der Waals surface area contributed by atoms with Crippen molar-refractivity contribution in [2.45, 2.75) is 185 Å². The molecule has 0 spiro atoms. The van der Waals surface area contributed by atoms with Crippen LogP contribution in [0.4, 0.5) is 0 Å². The molecule has 2 aromatic carbocycles. The lowest BCUT2D eigenvalue weighted by atomic mass is 9.92. The maximum Gasteiger partial charge on any atom is 0.346 e. The van der Waals surface area contributed by atoms with Gasteiger partial charge in [0.05, 0.1) is 39.0 Å². The number of aliphatic imine (C=N–C) groups is 1. The molecule has 37 heteroatoms. The minimum absolute atomic E-state index is 0.0942. The van der Waals surface area contributed by atoms with Gasteiger partial charge in [0.25, 0.3) is 0 Å². The molecule has 7 aliphatic rings. The van der Waals surface area contributed by atoms with Gasteiger partial charge < -0.3 is 137 Å². The molecular weight excluding hydrogens is 1250 g/mol. The number of amides is 6. The van der Waals surface area contributed by atoms with E-state index >= 15 is 9.59 Å². The number of benzene rings is 2. The third kappa shape index (κ3) is 15.6. The second-order valence-electron chi connectivity index (χ2n) is 24.2. The van der Waals surface area contributed by atoms with Crippen LogP contribution in [0.1, 0.15) is 37.8 Å². The molecule has 2 aromatic rings. The highest BCUT2D eigenvalue weighted by Gasteiger charge is 2.59. The van der Waals surface area contributed by atoms with Gasteiger partial charge in [-0.2, -0.15) is 0 Å². The summed E-state index contributed by atoms with van der Waals surface area (Å²) in [6, 6.07) is 1.54. The summed E-state index contributed by atoms with van der Waals surface area (Å²) in [5.41, 5.74) is 13.0. The van der Waals surface area contributed by atoms with Crippen LogP contribution < -0.4 is 58.7 Å². The fourth-order valence-electron chi connectivity index (χ4n) is 12.2. The summed E-state index contributed by atoms with van der Waals surface area (Å²) < 4.78 is 43.2. The Morgan fingerprint density at radius 1 is 0.606 bits per heavy atom. The second-order valence-corrected chi connectivity index (χ2v) is 24.2. The van der Waals surface area contributed by atoms with Crippen molar-refractivity contribution in [3.05, 3.63) is 65.7 Å². The van der Waals surface area contributed by atoms with Gasteiger partial charge in [0.15, 0.2) is 24.1 Å². The van der Waals surface area contributed by atoms with Crippen molar-refractivity contribution in [3.8, 4) is 5.75 Å². The van der Waals surface area contributed by atoms with Gasteiger partial charge in [0, 0.05) is 18.9 Å². The zero-order valence-corrected chi connectivity index (χ0v) is 51.0. The number of nitrogens with one attached hydrogen (secondary N) is 8. The van der Waals surface area contributed by atoms with Crippen LogP contribution in [0.25, 0.3) is 0 Å². The van der Waals surface area contributed by atoms with Crippen LogP contribution in [0.3, 0.4) is 0 Å². The number of nitrogens with two attached hydrogens (primary N) is 2. The maximum atomic E-state index is 15.2. The standard InChI is InChI=1S/C57H82N12O25/c1-21(23-7-5-4-6-8-23)33-49(85)63-25(13-22-9-11-24(12-10-22)88-54-46-45(93-57(2,3)94-46)44(31(20-73)91-54)92-53-43(82)41(80)39(78)30(19-72)90-53)48(84)67-34(36(75)26-14-61-55(58)65-26)51(87)68-35(50(86)64-27(17-70)47(83)60-16-32(74)66-33)37(76)28-15-62-56(59)69(28)52-42(81)40(79)38(77)29(18-71)89-52/h4-12,21,25-31,33-46,52-54,70-73,75-82H,13-20H2,1-3H3,(H11,58,59,60,61,62,63,64,65,66,67,68,74,83,84,85,86,87)/p+1/t21-,25-,26+,27?,28+,29+,30+,31-,33-,34+,35-,36-,37-,38+,39+,40+,41+,42+,43+,44-,45+,46-,52-,53+,54-/m1/s1. The average Bonchev–Trinajstić information content (AvgIpc) is 1.58. The Kier molecular flexibility index (Phi) is 23.0. The summed E-state index contributed by atoms with van der Waals surface area (Å²) in [5, 5.41) is 149. The number of hydrogen-bond acceptors (Lipinski definition) is 30. The fraction of sp³-hybridized carbons (Fsp3) is 0.649. The lowest BCUT2D eigenvalue weighted by molar-refractivity contribution is -0.663. The van der Waals surface area contributed by atoms with Crippen LogP contribution in [-0.4, -0.2) is 312 Å². The molecule has 0 radical (unpaired) electrons. The number of carbonyl (C=O) groups excluding carboxylic acids is 6. The third-order valence-electron chi connectivity index (χ3n) is 17.4. The molecule has 24 N–H and O–H groups in total. The van der Waals surface area contributed by atoms with Gasteiger partial charge in [0.2, 0.25) is 48.0 Å². The third-order valence-corrected chi connectivity index (χ3v) is 17.4. The Morgan fingerprint density at radius 3 is 1.83 bits per heavy atom. The summed E-state index contributed by atoms with van der Waals surface area (Å²) in [4.78, 5) is 91.7. The number of fused-ring (bicyclic) bond motifs is 1. The molecule has 0 aliphatic carbocycles. The summed E-state index contributed by atoms with van der Waals surface area (Å²) in [7, 11) is 0. The topological polar surface area (TPSA) is 573 Å². The smallest absolute Gasteiger partial charge is 0.346 e. The average molecular weight is 1340 g/mol. The summed E-state index contributed by atoms with van der Waals surface area (Å²) in [5.74, 6) is -9.82. The van der Waals surface area contributed by atoms with Gasteiger partial charge in [-0.15, -0.1) is 0 Å². The largest absolute Gasteiger partial charge is 0.462 e. The summed E-state index contributed by atoms with van der Waals surface area (Å²) >= 11 is 0. The minimum atomic E-state index is -2.31. The Labute approximate surface area is 535 Å². The number of ether oxygens (including phenoxy) is 7. The van der Waals surface area contributed by atoms with Crippen LogP contribution in [0.15, 0.2) is 59.6 Å². The Balaban J connectivity index is 1.03. The molecule has 94 heavy (non-hydrogen) atoms. The number of aliphatic hydroxyl groups excluding tert-OH is 12. The van der Waals surface area contributed by atoms with Crippen LogP contribution in [-0.2, 0) is 63.6 Å². The van der Waals surface area contributed by atoms with Crippen molar-refractivity contribution in [3.63, 3.8) is 0 Å². The number of carbonyl (C=O) groups is 6. The number of guanidine groups is 2. The molecule has 37 nitrogen and oxygen atoms in total. The van der Waals surface area contributed by atoms with Gasteiger partial charge in [-0.1, -0.05) is 49.4 Å². The maximum absolute atomic E-state index is 15.2. The first-order valence-electron chi connectivity index (χ1n) is 30.3. The quantitative estimate of drug-likeness (QED) is 0.0654. The van der Waals surface area contributed by atoms with Crippen molar-refractivity contribution < 1.29 is 128 Å². The van der Waals surface area contributed by atoms with E-state index in [1.165, 1.54) is 24.3 Å². The van der Waals surface area contributed by atoms with E-state index in [2.05, 4.69) is 47.5 Å². The molecule has 9 rings (SSSR count). The monoisotopic (exact) mass is 1340 g/mol. The van der Waals surface area contributed by atoms with Gasteiger partial charge in [-0.3, -0.25) is 39.8 Å². The van der Waals surface area contributed by atoms with E-state index in [9.17, 15) is 80.5 Å². The van der Waals surface area contributed by atoms with E-state index in [0.29, 0.717) is 5.56 Å². The number of aliphatic hydroxyl groups is 12. The predicted molar refractivity (Wildman–Crippen MR) is 314 cm³/mol. The van der Waals surface area contributed by atoms with Crippen LogP contribution >= 0.6 is 0 Å². The summed E-state index contributed by atoms with van der Waals surface area (Å²) in [6.45, 7) is -0.294. The van der Waals surface area contributed by atoms with Crippen molar-refractivity contribution in [2.75, 3.05) is 46.1 Å². The minimum Gasteiger partial charge on any atom is -0.462 e. The van der Waals surface area contributed by atoms with Crippen molar-refractivity contribution in [2.24, 2.45) is 16.5 Å². The summed E-state index contributed by atoms with van der Waals surface area (Å²) in [6.07, 6.45) is -28.4. The molecule has 25 atom stereocenters. The van der Waals surface area contributed by atoms with E-state index in [0.717, 1.165) is 4.58 Å². The Morgan fingerprint density at radius 2 is 1.19 bits per heavy atom. The normalized spacial score (nSPS) is 37.9. The molecule has 0 bridgehead atoms. The highest BCUT2D eigenvalue weighted by atomic mass is 16.8.